The van der Waals surface area contributed by atoms with E-state index in [9.17, 15) is 0 Å². The third-order valence-corrected chi connectivity index (χ3v) is 3.37. The molecule has 0 aliphatic carbocycles. The minimum atomic E-state index is 0.632. The maximum absolute atomic E-state index is 5.38. The summed E-state index contributed by atoms with van der Waals surface area (Å²) in [6.45, 7) is 0. The molecular formula is C14H12BrN3O2. The highest BCUT2D eigenvalue weighted by Gasteiger charge is 2.12. The lowest BCUT2D eigenvalue weighted by Gasteiger charge is -2.08. The van der Waals surface area contributed by atoms with Crippen molar-refractivity contribution in [3.05, 3.63) is 41.3 Å². The molecule has 2 heterocycles. The van der Waals surface area contributed by atoms with E-state index in [2.05, 4.69) is 25.9 Å². The van der Waals surface area contributed by atoms with Crippen LogP contribution in [-0.4, -0.2) is 28.6 Å². The standard InChI is InChI=1S/C14H12BrN3O2/c1-19-10-3-4-13(20-2)11(5-10)12-8-18-7-9(15)6-16-14(18)17-12/h3-8H,1-2H3. The lowest BCUT2D eigenvalue weighted by molar-refractivity contribution is 0.404. The number of imidazole rings is 1. The number of fused-ring (bicyclic) bond motifs is 1. The predicted molar refractivity (Wildman–Crippen MR) is 79.2 cm³/mol. The Kier molecular flexibility index (Phi) is 3.31. The van der Waals surface area contributed by atoms with E-state index in [1.807, 2.05) is 35.0 Å². The first-order valence-electron chi connectivity index (χ1n) is 5.94. The number of halogens is 1. The highest BCUT2D eigenvalue weighted by Crippen LogP contribution is 2.32. The van der Waals surface area contributed by atoms with Crippen molar-refractivity contribution in [3.8, 4) is 22.8 Å². The third-order valence-electron chi connectivity index (χ3n) is 2.96. The molecule has 20 heavy (non-hydrogen) atoms. The van der Waals surface area contributed by atoms with Crippen molar-refractivity contribution in [2.45, 2.75) is 0 Å². The summed E-state index contributed by atoms with van der Waals surface area (Å²) in [5.74, 6) is 2.13. The molecule has 0 saturated carbocycles. The zero-order chi connectivity index (χ0) is 14.1. The van der Waals surface area contributed by atoms with Gasteiger partial charge in [0.25, 0.3) is 0 Å². The molecule has 0 bridgehead atoms. The van der Waals surface area contributed by atoms with Gasteiger partial charge in [-0.05, 0) is 34.1 Å². The minimum Gasteiger partial charge on any atom is -0.497 e. The number of hydrogen-bond donors (Lipinski definition) is 0. The summed E-state index contributed by atoms with van der Waals surface area (Å²) >= 11 is 3.39. The van der Waals surface area contributed by atoms with Crippen molar-refractivity contribution in [2.24, 2.45) is 0 Å². The van der Waals surface area contributed by atoms with E-state index >= 15 is 0 Å². The van der Waals surface area contributed by atoms with Crippen LogP contribution in [0.2, 0.25) is 0 Å². The van der Waals surface area contributed by atoms with E-state index in [-0.39, 0.29) is 0 Å². The second-order valence-electron chi connectivity index (χ2n) is 4.17. The average Bonchev–Trinajstić information content (AvgIpc) is 2.89. The Morgan fingerprint density at radius 1 is 1.15 bits per heavy atom. The fourth-order valence-corrected chi connectivity index (χ4v) is 2.33. The summed E-state index contributed by atoms with van der Waals surface area (Å²) in [6.07, 6.45) is 5.53. The fraction of sp³-hybridized carbons (Fsp3) is 0.143. The molecular weight excluding hydrogens is 322 g/mol. The number of nitrogens with zero attached hydrogens (tertiary/aromatic N) is 3. The zero-order valence-electron chi connectivity index (χ0n) is 11.0. The lowest BCUT2D eigenvalue weighted by atomic mass is 10.1. The number of methoxy groups -OCH3 is 2. The molecule has 0 N–H and O–H groups in total. The molecule has 0 spiro atoms. The molecule has 0 atom stereocenters. The highest BCUT2D eigenvalue weighted by molar-refractivity contribution is 9.10. The Bertz CT molecular complexity index is 770. The van der Waals surface area contributed by atoms with Crippen LogP contribution in [-0.2, 0) is 0 Å². The molecule has 0 unspecified atom stereocenters. The topological polar surface area (TPSA) is 48.7 Å². The zero-order valence-corrected chi connectivity index (χ0v) is 12.6. The Balaban J connectivity index is 2.18. The van der Waals surface area contributed by atoms with E-state index < -0.39 is 0 Å². The number of benzene rings is 1. The summed E-state index contributed by atoms with van der Waals surface area (Å²) in [5, 5.41) is 0. The average molecular weight is 334 g/mol. The van der Waals surface area contributed by atoms with Crippen molar-refractivity contribution < 1.29 is 9.47 Å². The van der Waals surface area contributed by atoms with Gasteiger partial charge in [0.15, 0.2) is 0 Å². The first-order valence-corrected chi connectivity index (χ1v) is 6.73. The van der Waals surface area contributed by atoms with Gasteiger partial charge in [0.05, 0.1) is 24.4 Å². The van der Waals surface area contributed by atoms with Crippen molar-refractivity contribution >= 4 is 21.7 Å². The Hall–Kier alpha value is -2.08. The van der Waals surface area contributed by atoms with Crippen molar-refractivity contribution in [1.29, 1.82) is 0 Å². The summed E-state index contributed by atoms with van der Waals surface area (Å²) < 4.78 is 13.4. The van der Waals surface area contributed by atoms with Crippen LogP contribution in [0.25, 0.3) is 17.0 Å². The van der Waals surface area contributed by atoms with Crippen LogP contribution in [0.4, 0.5) is 0 Å². The molecule has 0 aliphatic heterocycles. The van der Waals surface area contributed by atoms with E-state index in [1.165, 1.54) is 0 Å². The van der Waals surface area contributed by atoms with Gasteiger partial charge < -0.3 is 9.47 Å². The van der Waals surface area contributed by atoms with Gasteiger partial charge in [-0.1, -0.05) is 0 Å². The summed E-state index contributed by atoms with van der Waals surface area (Å²) in [7, 11) is 3.27. The molecule has 0 amide bonds. The van der Waals surface area contributed by atoms with Gasteiger partial charge >= 0.3 is 0 Å². The van der Waals surface area contributed by atoms with Crippen LogP contribution in [0, 0.1) is 0 Å². The van der Waals surface area contributed by atoms with Crippen molar-refractivity contribution in [1.82, 2.24) is 14.4 Å². The number of ether oxygens (including phenoxy) is 2. The van der Waals surface area contributed by atoms with E-state index in [4.69, 9.17) is 9.47 Å². The molecule has 3 rings (SSSR count). The van der Waals surface area contributed by atoms with Crippen LogP contribution >= 0.6 is 15.9 Å². The fourth-order valence-electron chi connectivity index (χ4n) is 2.00. The number of rotatable bonds is 3. The van der Waals surface area contributed by atoms with Crippen LogP contribution in [0.15, 0.2) is 41.3 Å². The predicted octanol–water partition coefficient (Wildman–Crippen LogP) is 3.18. The smallest absolute Gasteiger partial charge is 0.234 e. The Morgan fingerprint density at radius 2 is 2.00 bits per heavy atom. The monoisotopic (exact) mass is 333 g/mol. The molecule has 0 fully saturated rings. The van der Waals surface area contributed by atoms with Crippen molar-refractivity contribution in [3.63, 3.8) is 0 Å². The lowest BCUT2D eigenvalue weighted by Crippen LogP contribution is -1.90. The maximum atomic E-state index is 5.38. The van der Waals surface area contributed by atoms with Gasteiger partial charge in [0, 0.05) is 24.2 Å². The molecule has 0 saturated heterocycles. The third kappa shape index (κ3) is 2.22. The van der Waals surface area contributed by atoms with Gasteiger partial charge in [0.2, 0.25) is 5.78 Å². The van der Waals surface area contributed by atoms with E-state index in [0.29, 0.717) is 5.78 Å². The van der Waals surface area contributed by atoms with Crippen LogP contribution in [0.3, 0.4) is 0 Å². The molecule has 2 aromatic heterocycles. The SMILES string of the molecule is COc1ccc(OC)c(-c2cn3cc(Br)cnc3n2)c1. The van der Waals surface area contributed by atoms with Gasteiger partial charge in [-0.2, -0.15) is 0 Å². The number of hydrogen-bond acceptors (Lipinski definition) is 4. The van der Waals surface area contributed by atoms with Crippen LogP contribution in [0.5, 0.6) is 11.5 Å². The summed E-state index contributed by atoms with van der Waals surface area (Å²) in [4.78, 5) is 8.76. The normalized spacial score (nSPS) is 10.8. The maximum Gasteiger partial charge on any atom is 0.234 e. The van der Waals surface area contributed by atoms with Gasteiger partial charge in [-0.25, -0.2) is 9.97 Å². The van der Waals surface area contributed by atoms with E-state index in [0.717, 1.165) is 27.2 Å². The van der Waals surface area contributed by atoms with Crippen LogP contribution in [0.1, 0.15) is 0 Å². The Morgan fingerprint density at radius 3 is 2.75 bits per heavy atom. The highest BCUT2D eigenvalue weighted by atomic mass is 79.9. The van der Waals surface area contributed by atoms with E-state index in [1.54, 1.807) is 20.4 Å². The van der Waals surface area contributed by atoms with Gasteiger partial charge in [0.1, 0.15) is 11.5 Å². The second-order valence-corrected chi connectivity index (χ2v) is 5.09. The molecule has 102 valence electrons. The first-order chi connectivity index (χ1) is 9.71. The number of aromatic nitrogens is 3. The minimum absolute atomic E-state index is 0.632. The largest absolute Gasteiger partial charge is 0.497 e. The van der Waals surface area contributed by atoms with Crippen LogP contribution < -0.4 is 9.47 Å². The molecule has 6 heteroatoms. The first kappa shape index (κ1) is 12.9. The molecule has 1 aromatic carbocycles. The quantitative estimate of drug-likeness (QED) is 0.738. The second kappa shape index (κ2) is 5.13. The molecule has 0 aliphatic rings. The molecule has 3 aromatic rings. The Labute approximate surface area is 124 Å². The summed E-state index contributed by atoms with van der Waals surface area (Å²) in [5.41, 5.74) is 1.65. The van der Waals surface area contributed by atoms with Gasteiger partial charge in [-0.15, -0.1) is 0 Å². The van der Waals surface area contributed by atoms with Crippen molar-refractivity contribution in [2.75, 3.05) is 14.2 Å². The molecule has 0 radical (unpaired) electrons. The molecule has 5 nitrogen and oxygen atoms in total. The summed E-state index contributed by atoms with van der Waals surface area (Å²) in [6, 6.07) is 5.62. The van der Waals surface area contributed by atoms with Gasteiger partial charge in [-0.3, -0.25) is 4.40 Å².